The van der Waals surface area contributed by atoms with Crippen LogP contribution in [0.3, 0.4) is 0 Å². The second-order valence-corrected chi connectivity index (χ2v) is 4.81. The van der Waals surface area contributed by atoms with Gasteiger partial charge in [0.1, 0.15) is 13.2 Å². The van der Waals surface area contributed by atoms with Crippen LogP contribution in [0.4, 0.5) is 4.79 Å². The normalized spacial score (nSPS) is 10.2. The third-order valence-electron chi connectivity index (χ3n) is 2.92. The van der Waals surface area contributed by atoms with Gasteiger partial charge in [-0.1, -0.05) is 30.3 Å². The second-order valence-electron chi connectivity index (χ2n) is 4.81. The second kappa shape index (κ2) is 7.26. The fraction of sp³-hybridized carbons (Fsp3) is 0.267. The minimum atomic E-state index is -1.10. The molecule has 0 unspecified atom stereocenters. The van der Waals surface area contributed by atoms with Crippen LogP contribution in [0.1, 0.15) is 11.1 Å². The number of carboxylic acids is 1. The zero-order chi connectivity index (χ0) is 15.9. The van der Waals surface area contributed by atoms with E-state index in [4.69, 9.17) is 9.84 Å². The lowest BCUT2D eigenvalue weighted by Gasteiger charge is -2.19. The Kier molecular flexibility index (Phi) is 5.13. The summed E-state index contributed by atoms with van der Waals surface area (Å²) in [6.45, 7) is -0.195. The van der Waals surface area contributed by atoms with Gasteiger partial charge in [0, 0.05) is 18.8 Å². The Labute approximate surface area is 127 Å². The van der Waals surface area contributed by atoms with Crippen LogP contribution in [0.15, 0.2) is 42.7 Å². The van der Waals surface area contributed by atoms with Crippen molar-refractivity contribution in [3.63, 3.8) is 0 Å². The molecule has 22 heavy (non-hydrogen) atoms. The topological polar surface area (TPSA) is 84.7 Å². The number of aliphatic carboxylic acids is 1. The molecular weight excluding hydrogens is 286 g/mol. The molecule has 0 fully saturated rings. The summed E-state index contributed by atoms with van der Waals surface area (Å²) in [6, 6.07) is 9.21. The first-order valence-electron chi connectivity index (χ1n) is 6.69. The van der Waals surface area contributed by atoms with Crippen molar-refractivity contribution in [3.8, 4) is 0 Å². The number of ether oxygens (including phenoxy) is 1. The summed E-state index contributed by atoms with van der Waals surface area (Å²) < 4.78 is 6.75. The van der Waals surface area contributed by atoms with E-state index in [1.54, 1.807) is 24.1 Å². The molecule has 0 aliphatic rings. The molecule has 0 aliphatic heterocycles. The SMILES string of the molecule is Cn1cc(CN(CC(=O)O)C(=O)OCc2ccccc2)cn1. The molecule has 0 saturated carbocycles. The third-order valence-corrected chi connectivity index (χ3v) is 2.92. The zero-order valence-electron chi connectivity index (χ0n) is 12.2. The number of amides is 1. The van der Waals surface area contributed by atoms with Crippen molar-refractivity contribution < 1.29 is 19.4 Å². The van der Waals surface area contributed by atoms with E-state index in [9.17, 15) is 9.59 Å². The number of aryl methyl sites for hydroxylation is 1. The molecule has 116 valence electrons. The number of hydrogen-bond acceptors (Lipinski definition) is 4. The molecule has 0 spiro atoms. The molecule has 1 aromatic carbocycles. The Morgan fingerprint density at radius 3 is 2.59 bits per heavy atom. The number of rotatable bonds is 6. The number of carboxylic acid groups (broad SMARTS) is 1. The van der Waals surface area contributed by atoms with E-state index in [1.165, 1.54) is 0 Å². The molecule has 2 aromatic rings. The van der Waals surface area contributed by atoms with Gasteiger partial charge in [-0.3, -0.25) is 14.4 Å². The lowest BCUT2D eigenvalue weighted by molar-refractivity contribution is -0.138. The maximum Gasteiger partial charge on any atom is 0.410 e. The molecule has 7 heteroatoms. The van der Waals surface area contributed by atoms with E-state index in [0.717, 1.165) is 16.0 Å². The molecule has 0 aliphatic carbocycles. The maximum absolute atomic E-state index is 12.1. The zero-order valence-corrected chi connectivity index (χ0v) is 12.2. The molecule has 1 aromatic heterocycles. The van der Waals surface area contributed by atoms with E-state index in [2.05, 4.69) is 5.10 Å². The predicted molar refractivity (Wildman–Crippen MR) is 77.9 cm³/mol. The molecule has 0 saturated heterocycles. The van der Waals surface area contributed by atoms with E-state index in [0.29, 0.717) is 0 Å². The van der Waals surface area contributed by atoms with E-state index < -0.39 is 18.6 Å². The van der Waals surface area contributed by atoms with Crippen molar-refractivity contribution in [2.75, 3.05) is 6.54 Å². The quantitative estimate of drug-likeness (QED) is 0.877. The lowest BCUT2D eigenvalue weighted by Crippen LogP contribution is -2.35. The first-order chi connectivity index (χ1) is 10.5. The average molecular weight is 303 g/mol. The van der Waals surface area contributed by atoms with Crippen LogP contribution in [0.2, 0.25) is 0 Å². The Hall–Kier alpha value is -2.83. The van der Waals surface area contributed by atoms with Gasteiger partial charge < -0.3 is 9.84 Å². The molecular formula is C15H17N3O4. The van der Waals surface area contributed by atoms with Crippen molar-refractivity contribution in [1.82, 2.24) is 14.7 Å². The number of carbonyl (C=O) groups excluding carboxylic acids is 1. The van der Waals surface area contributed by atoms with Crippen molar-refractivity contribution >= 4 is 12.1 Å². The minimum absolute atomic E-state index is 0.100. The van der Waals surface area contributed by atoms with Gasteiger partial charge in [0.25, 0.3) is 0 Å². The summed E-state index contributed by atoms with van der Waals surface area (Å²) >= 11 is 0. The molecule has 0 radical (unpaired) electrons. The highest BCUT2D eigenvalue weighted by atomic mass is 16.6. The van der Waals surface area contributed by atoms with E-state index in [1.807, 2.05) is 30.3 Å². The van der Waals surface area contributed by atoms with Gasteiger partial charge in [0.2, 0.25) is 0 Å². The fourth-order valence-electron chi connectivity index (χ4n) is 1.93. The highest BCUT2D eigenvalue weighted by Crippen LogP contribution is 2.07. The van der Waals surface area contributed by atoms with E-state index in [-0.39, 0.29) is 13.2 Å². The van der Waals surface area contributed by atoms with Gasteiger partial charge in [-0.2, -0.15) is 5.10 Å². The maximum atomic E-state index is 12.1. The summed E-state index contributed by atoms with van der Waals surface area (Å²) in [5.74, 6) is -1.10. The molecule has 0 atom stereocenters. The lowest BCUT2D eigenvalue weighted by atomic mass is 10.2. The smallest absolute Gasteiger partial charge is 0.410 e. The van der Waals surface area contributed by atoms with Gasteiger partial charge in [0.05, 0.1) is 12.7 Å². The number of nitrogens with zero attached hydrogens (tertiary/aromatic N) is 3. The third kappa shape index (κ3) is 4.62. The van der Waals surface area contributed by atoms with Crippen LogP contribution in [0, 0.1) is 0 Å². The van der Waals surface area contributed by atoms with Crippen molar-refractivity contribution in [2.45, 2.75) is 13.2 Å². The largest absolute Gasteiger partial charge is 0.480 e. The van der Waals surface area contributed by atoms with Crippen LogP contribution in [-0.2, 0) is 29.7 Å². The first-order valence-corrected chi connectivity index (χ1v) is 6.69. The first kappa shape index (κ1) is 15.6. The Morgan fingerprint density at radius 1 is 1.27 bits per heavy atom. The number of carbonyl (C=O) groups is 2. The van der Waals surface area contributed by atoms with Gasteiger partial charge in [-0.25, -0.2) is 4.79 Å². The monoisotopic (exact) mass is 303 g/mol. The number of aromatic nitrogens is 2. The predicted octanol–water partition coefficient (Wildman–Crippen LogP) is 1.64. The molecule has 1 heterocycles. The van der Waals surface area contributed by atoms with Crippen molar-refractivity contribution in [3.05, 3.63) is 53.9 Å². The molecule has 0 bridgehead atoms. The van der Waals surface area contributed by atoms with Crippen LogP contribution >= 0.6 is 0 Å². The van der Waals surface area contributed by atoms with Crippen LogP contribution in [0.25, 0.3) is 0 Å². The summed E-state index contributed by atoms with van der Waals surface area (Å²) in [7, 11) is 1.75. The Balaban J connectivity index is 1.98. The Morgan fingerprint density at radius 2 is 2.00 bits per heavy atom. The molecule has 1 amide bonds. The highest BCUT2D eigenvalue weighted by Gasteiger charge is 2.19. The highest BCUT2D eigenvalue weighted by molar-refractivity contribution is 5.76. The van der Waals surface area contributed by atoms with Gasteiger partial charge in [-0.05, 0) is 5.56 Å². The van der Waals surface area contributed by atoms with Crippen LogP contribution in [0.5, 0.6) is 0 Å². The van der Waals surface area contributed by atoms with Gasteiger partial charge in [0.15, 0.2) is 0 Å². The molecule has 7 nitrogen and oxygen atoms in total. The molecule has 1 N–H and O–H groups in total. The average Bonchev–Trinajstić information content (AvgIpc) is 2.90. The van der Waals surface area contributed by atoms with Gasteiger partial charge >= 0.3 is 12.1 Å². The summed E-state index contributed by atoms with van der Waals surface area (Å²) in [4.78, 5) is 24.1. The summed E-state index contributed by atoms with van der Waals surface area (Å²) in [6.07, 6.45) is 2.63. The standard InChI is InChI=1S/C15H17N3O4/c1-17-8-13(7-16-17)9-18(10-14(19)20)15(21)22-11-12-5-3-2-4-6-12/h2-8H,9-11H2,1H3,(H,19,20). The van der Waals surface area contributed by atoms with E-state index >= 15 is 0 Å². The fourth-order valence-corrected chi connectivity index (χ4v) is 1.93. The number of hydrogen-bond donors (Lipinski definition) is 1. The summed E-state index contributed by atoms with van der Waals surface area (Å²) in [5, 5.41) is 12.9. The van der Waals surface area contributed by atoms with Gasteiger partial charge in [-0.15, -0.1) is 0 Å². The molecule has 2 rings (SSSR count). The van der Waals surface area contributed by atoms with Crippen LogP contribution < -0.4 is 0 Å². The summed E-state index contributed by atoms with van der Waals surface area (Å²) in [5.41, 5.74) is 1.58. The number of benzene rings is 1. The van der Waals surface area contributed by atoms with Crippen LogP contribution in [-0.4, -0.2) is 38.4 Å². The van der Waals surface area contributed by atoms with Crippen molar-refractivity contribution in [1.29, 1.82) is 0 Å². The Bertz CT molecular complexity index is 639. The van der Waals surface area contributed by atoms with Crippen molar-refractivity contribution in [2.24, 2.45) is 7.05 Å². The minimum Gasteiger partial charge on any atom is -0.480 e.